The van der Waals surface area contributed by atoms with Crippen molar-refractivity contribution < 1.29 is 14.4 Å². The Kier molecular flexibility index (Phi) is 4.05. The molecule has 1 aliphatic heterocycles. The number of fused-ring (bicyclic) bond motifs is 2. The minimum Gasteiger partial charge on any atom is -0.325 e. The molecule has 1 spiro atoms. The van der Waals surface area contributed by atoms with Gasteiger partial charge < -0.3 is 10.6 Å². The number of hydrogen-bond acceptors (Lipinski definition) is 6. The first-order valence-electron chi connectivity index (χ1n) is 9.43. The Bertz CT molecular complexity index is 1160. The van der Waals surface area contributed by atoms with E-state index in [0.29, 0.717) is 29.9 Å². The van der Waals surface area contributed by atoms with Crippen LogP contribution in [0.4, 0.5) is 10.5 Å². The largest absolute Gasteiger partial charge is 0.325 e. The number of anilines is 1. The van der Waals surface area contributed by atoms with Gasteiger partial charge in [0.05, 0.1) is 0 Å². The van der Waals surface area contributed by atoms with Crippen LogP contribution in [0.15, 0.2) is 48.5 Å². The van der Waals surface area contributed by atoms with Gasteiger partial charge in [-0.2, -0.15) is 5.21 Å². The van der Waals surface area contributed by atoms with Crippen LogP contribution in [0.25, 0.3) is 11.4 Å². The predicted molar refractivity (Wildman–Crippen MR) is 105 cm³/mol. The molecule has 0 bridgehead atoms. The van der Waals surface area contributed by atoms with Crippen LogP contribution in [0.2, 0.25) is 0 Å². The number of imide groups is 1. The summed E-state index contributed by atoms with van der Waals surface area (Å²) in [4.78, 5) is 39.2. The number of amides is 4. The Hall–Kier alpha value is -4.08. The van der Waals surface area contributed by atoms with Crippen molar-refractivity contribution in [3.63, 3.8) is 0 Å². The molecular weight excluding hydrogens is 386 g/mol. The smallest absolute Gasteiger partial charge is 0.325 e. The van der Waals surface area contributed by atoms with Crippen LogP contribution < -0.4 is 10.6 Å². The minimum absolute atomic E-state index is 0.374. The molecule has 2 aliphatic rings. The van der Waals surface area contributed by atoms with E-state index in [1.165, 1.54) is 0 Å². The molecule has 10 heteroatoms. The van der Waals surface area contributed by atoms with E-state index in [2.05, 4.69) is 31.3 Å². The van der Waals surface area contributed by atoms with Gasteiger partial charge >= 0.3 is 6.03 Å². The summed E-state index contributed by atoms with van der Waals surface area (Å²) in [5.41, 5.74) is 1.93. The van der Waals surface area contributed by atoms with Gasteiger partial charge in [0.25, 0.3) is 5.91 Å². The number of tetrazole rings is 1. The van der Waals surface area contributed by atoms with Crippen molar-refractivity contribution in [2.75, 3.05) is 11.9 Å². The average molecular weight is 403 g/mol. The normalized spacial score (nSPS) is 19.8. The van der Waals surface area contributed by atoms with Gasteiger partial charge in [0.15, 0.2) is 0 Å². The number of carbonyl (C=O) groups is 3. The summed E-state index contributed by atoms with van der Waals surface area (Å²) >= 11 is 0. The van der Waals surface area contributed by atoms with Crippen LogP contribution >= 0.6 is 0 Å². The minimum atomic E-state index is -1.08. The molecule has 1 fully saturated rings. The quantitative estimate of drug-likeness (QED) is 0.561. The number of urea groups is 1. The molecule has 1 saturated heterocycles. The van der Waals surface area contributed by atoms with Crippen LogP contribution in [0, 0.1) is 0 Å². The second kappa shape index (κ2) is 6.76. The molecular formula is C20H17N7O3. The Labute approximate surface area is 170 Å². The maximum absolute atomic E-state index is 13.1. The number of aromatic nitrogens is 4. The second-order valence-electron chi connectivity index (χ2n) is 7.25. The van der Waals surface area contributed by atoms with Crippen molar-refractivity contribution in [3.05, 3.63) is 59.7 Å². The second-order valence-corrected chi connectivity index (χ2v) is 7.25. The van der Waals surface area contributed by atoms with Gasteiger partial charge in [-0.25, -0.2) is 4.79 Å². The van der Waals surface area contributed by atoms with Crippen molar-refractivity contribution >= 4 is 23.5 Å². The van der Waals surface area contributed by atoms with Gasteiger partial charge in [0.1, 0.15) is 12.1 Å². The first-order chi connectivity index (χ1) is 14.6. The molecule has 4 amide bonds. The zero-order valence-corrected chi connectivity index (χ0v) is 15.8. The first-order valence-corrected chi connectivity index (χ1v) is 9.43. The molecule has 30 heavy (non-hydrogen) atoms. The number of nitrogens with one attached hydrogen (secondary N) is 3. The summed E-state index contributed by atoms with van der Waals surface area (Å²) in [7, 11) is 0. The van der Waals surface area contributed by atoms with Gasteiger partial charge in [-0.15, -0.1) is 10.2 Å². The number of nitrogens with zero attached hydrogens (tertiary/aromatic N) is 4. The van der Waals surface area contributed by atoms with Gasteiger partial charge in [-0.05, 0) is 41.3 Å². The van der Waals surface area contributed by atoms with E-state index in [4.69, 9.17) is 0 Å². The van der Waals surface area contributed by atoms with E-state index in [1.54, 1.807) is 24.3 Å². The van der Waals surface area contributed by atoms with Crippen molar-refractivity contribution in [1.29, 1.82) is 0 Å². The molecule has 1 aromatic heterocycles. The Morgan fingerprint density at radius 2 is 2.03 bits per heavy atom. The topological polar surface area (TPSA) is 133 Å². The number of benzene rings is 2. The summed E-state index contributed by atoms with van der Waals surface area (Å²) in [5, 5.41) is 19.2. The molecule has 1 aliphatic carbocycles. The molecule has 1 atom stereocenters. The highest BCUT2D eigenvalue weighted by molar-refractivity contribution is 6.11. The van der Waals surface area contributed by atoms with Gasteiger partial charge in [-0.1, -0.05) is 36.4 Å². The van der Waals surface area contributed by atoms with Crippen LogP contribution in [0.3, 0.4) is 0 Å². The fraction of sp³-hybridized carbons (Fsp3) is 0.200. The van der Waals surface area contributed by atoms with Crippen LogP contribution in [-0.4, -0.2) is 49.9 Å². The lowest BCUT2D eigenvalue weighted by Crippen LogP contribution is -2.42. The van der Waals surface area contributed by atoms with Crippen molar-refractivity contribution in [2.45, 2.75) is 18.4 Å². The summed E-state index contributed by atoms with van der Waals surface area (Å²) in [6, 6.07) is 13.9. The lowest BCUT2D eigenvalue weighted by molar-refractivity contribution is -0.134. The number of aryl methyl sites for hydroxylation is 1. The number of rotatable bonds is 4. The standard InChI is InChI=1S/C20H17N7O3/c28-16(21-14-6-3-5-13(10-14)17-23-25-26-24-17)11-27-18(29)20(22-19(27)30)9-8-12-4-1-2-7-15(12)20/h1-7,10H,8-9,11H2,(H,21,28)(H,22,30)(H,23,24,25,26). The van der Waals surface area contributed by atoms with Crippen molar-refractivity contribution in [1.82, 2.24) is 30.8 Å². The molecule has 0 radical (unpaired) electrons. The number of hydrogen-bond donors (Lipinski definition) is 3. The van der Waals surface area contributed by atoms with Crippen LogP contribution in [-0.2, 0) is 21.5 Å². The Balaban J connectivity index is 1.32. The molecule has 3 aromatic rings. The monoisotopic (exact) mass is 403 g/mol. The Morgan fingerprint density at radius 3 is 2.87 bits per heavy atom. The highest BCUT2D eigenvalue weighted by Gasteiger charge is 2.55. The van der Waals surface area contributed by atoms with Crippen LogP contribution in [0.5, 0.6) is 0 Å². The molecule has 1 unspecified atom stereocenters. The molecule has 2 aromatic carbocycles. The number of carbonyl (C=O) groups excluding carboxylic acids is 3. The van der Waals surface area contributed by atoms with E-state index in [0.717, 1.165) is 16.0 Å². The van der Waals surface area contributed by atoms with E-state index in [-0.39, 0.29) is 6.54 Å². The van der Waals surface area contributed by atoms with Crippen molar-refractivity contribution in [2.24, 2.45) is 0 Å². The lowest BCUT2D eigenvalue weighted by Gasteiger charge is -2.22. The maximum Gasteiger partial charge on any atom is 0.325 e. The zero-order valence-electron chi connectivity index (χ0n) is 15.8. The third-order valence-corrected chi connectivity index (χ3v) is 5.47. The summed E-state index contributed by atoms with van der Waals surface area (Å²) in [5.74, 6) is -0.484. The lowest BCUT2D eigenvalue weighted by atomic mass is 9.92. The van der Waals surface area contributed by atoms with E-state index >= 15 is 0 Å². The highest BCUT2D eigenvalue weighted by Crippen LogP contribution is 2.41. The van der Waals surface area contributed by atoms with Crippen molar-refractivity contribution in [3.8, 4) is 11.4 Å². The molecule has 0 saturated carbocycles. The summed E-state index contributed by atoms with van der Waals surface area (Å²) in [6.45, 7) is -0.374. The molecule has 5 rings (SSSR count). The van der Waals surface area contributed by atoms with E-state index in [9.17, 15) is 14.4 Å². The zero-order chi connectivity index (χ0) is 20.7. The molecule has 2 heterocycles. The van der Waals surface area contributed by atoms with E-state index < -0.39 is 23.4 Å². The maximum atomic E-state index is 13.1. The fourth-order valence-electron chi connectivity index (χ4n) is 4.10. The van der Waals surface area contributed by atoms with Gasteiger partial charge in [0.2, 0.25) is 11.7 Å². The van der Waals surface area contributed by atoms with E-state index in [1.807, 2.05) is 24.3 Å². The number of H-pyrrole nitrogens is 1. The van der Waals surface area contributed by atoms with Gasteiger partial charge in [-0.3, -0.25) is 14.5 Å². The average Bonchev–Trinajstić information content (AvgIpc) is 3.46. The molecule has 150 valence electrons. The fourth-order valence-corrected chi connectivity index (χ4v) is 4.10. The third-order valence-electron chi connectivity index (χ3n) is 5.47. The Morgan fingerprint density at radius 1 is 1.17 bits per heavy atom. The number of aromatic amines is 1. The molecule has 10 nitrogen and oxygen atoms in total. The summed E-state index contributed by atoms with van der Waals surface area (Å²) < 4.78 is 0. The highest BCUT2D eigenvalue weighted by atomic mass is 16.2. The third kappa shape index (κ3) is 2.81. The first kappa shape index (κ1) is 18.0. The SMILES string of the molecule is O=C(CN1C(=O)NC2(CCc3ccccc32)C1=O)Nc1cccc(-c2nn[nH]n2)c1. The van der Waals surface area contributed by atoms with Gasteiger partial charge in [0, 0.05) is 11.3 Å². The molecule has 3 N–H and O–H groups in total. The predicted octanol–water partition coefficient (Wildman–Crippen LogP) is 1.20. The summed E-state index contributed by atoms with van der Waals surface area (Å²) in [6.07, 6.45) is 1.19. The van der Waals surface area contributed by atoms with Crippen LogP contribution in [0.1, 0.15) is 17.5 Å².